The summed E-state index contributed by atoms with van der Waals surface area (Å²) in [5, 5.41) is 8.31. The molecule has 0 unspecified atom stereocenters. The minimum Gasteiger partial charge on any atom is -0.493 e. The molecule has 1 aliphatic heterocycles. The Bertz CT molecular complexity index is 963. The molecule has 2 aromatic carbocycles. The van der Waals surface area contributed by atoms with Gasteiger partial charge < -0.3 is 20.1 Å². The van der Waals surface area contributed by atoms with Gasteiger partial charge in [0.2, 0.25) is 0 Å². The Morgan fingerprint density at radius 2 is 1.96 bits per heavy atom. The lowest BCUT2D eigenvalue weighted by Gasteiger charge is -2.28. The van der Waals surface area contributed by atoms with Crippen LogP contribution in [0.4, 0.5) is 11.5 Å². The molecule has 1 saturated heterocycles. The van der Waals surface area contributed by atoms with Gasteiger partial charge in [0.15, 0.2) is 11.5 Å². The maximum Gasteiger partial charge on any atom is 0.162 e. The van der Waals surface area contributed by atoms with Crippen molar-refractivity contribution >= 4 is 45.6 Å². The molecule has 0 atom stereocenters. The zero-order valence-corrected chi connectivity index (χ0v) is 15.4. The van der Waals surface area contributed by atoms with Crippen LogP contribution in [0.25, 0.3) is 10.9 Å². The molecule has 0 saturated carbocycles. The summed E-state index contributed by atoms with van der Waals surface area (Å²) in [6.45, 7) is 1.63. The monoisotopic (exact) mass is 390 g/mol. The normalized spacial score (nSPS) is 14.1. The predicted molar refractivity (Wildman–Crippen MR) is 103 cm³/mol. The summed E-state index contributed by atoms with van der Waals surface area (Å²) in [5.74, 6) is 1.92. The topological polar surface area (TPSA) is 68.3 Å². The van der Waals surface area contributed by atoms with Gasteiger partial charge in [0.05, 0.1) is 23.3 Å². The van der Waals surface area contributed by atoms with Gasteiger partial charge in [-0.2, -0.15) is 0 Å². The second-order valence-electron chi connectivity index (χ2n) is 5.89. The van der Waals surface area contributed by atoms with E-state index in [9.17, 15) is 0 Å². The fourth-order valence-corrected chi connectivity index (χ4v) is 3.11. The summed E-state index contributed by atoms with van der Waals surface area (Å²) in [4.78, 5) is 8.68. The Morgan fingerprint density at radius 1 is 1.12 bits per heavy atom. The maximum atomic E-state index is 6.26. The first-order valence-corrected chi connectivity index (χ1v) is 8.82. The van der Waals surface area contributed by atoms with Gasteiger partial charge in [-0.25, -0.2) is 9.97 Å². The van der Waals surface area contributed by atoms with Crippen LogP contribution in [0.3, 0.4) is 0 Å². The van der Waals surface area contributed by atoms with E-state index in [1.54, 1.807) is 25.3 Å². The molecule has 0 aliphatic carbocycles. The lowest BCUT2D eigenvalue weighted by molar-refractivity contribution is 0.137. The van der Waals surface area contributed by atoms with Gasteiger partial charge in [-0.15, -0.1) is 0 Å². The van der Waals surface area contributed by atoms with E-state index in [4.69, 9.17) is 32.7 Å². The lowest BCUT2D eigenvalue weighted by atomic mass is 10.2. The van der Waals surface area contributed by atoms with Crippen LogP contribution in [-0.2, 0) is 0 Å². The molecule has 8 heteroatoms. The molecule has 4 rings (SSSR count). The summed E-state index contributed by atoms with van der Waals surface area (Å²) in [7, 11) is 1.61. The van der Waals surface area contributed by atoms with Crippen molar-refractivity contribution in [2.24, 2.45) is 0 Å². The number of rotatable bonds is 5. The molecule has 0 radical (unpaired) electrons. The van der Waals surface area contributed by atoms with Gasteiger partial charge in [0.25, 0.3) is 0 Å². The zero-order valence-electron chi connectivity index (χ0n) is 13.9. The van der Waals surface area contributed by atoms with Gasteiger partial charge in [-0.1, -0.05) is 23.2 Å². The number of hydrogen-bond donors (Lipinski definition) is 2. The van der Waals surface area contributed by atoms with Crippen LogP contribution in [0.2, 0.25) is 10.0 Å². The quantitative estimate of drug-likeness (QED) is 0.684. The van der Waals surface area contributed by atoms with E-state index < -0.39 is 0 Å². The van der Waals surface area contributed by atoms with Crippen LogP contribution in [0.1, 0.15) is 0 Å². The lowest BCUT2D eigenvalue weighted by Crippen LogP contribution is -2.50. The first-order chi connectivity index (χ1) is 12.6. The van der Waals surface area contributed by atoms with Crippen molar-refractivity contribution in [3.05, 3.63) is 46.7 Å². The Kier molecular flexibility index (Phi) is 4.72. The van der Waals surface area contributed by atoms with Crippen LogP contribution in [0.15, 0.2) is 36.7 Å². The van der Waals surface area contributed by atoms with Crippen LogP contribution < -0.4 is 20.1 Å². The van der Waals surface area contributed by atoms with Gasteiger partial charge in [-0.05, 0) is 24.3 Å². The third-order valence-electron chi connectivity index (χ3n) is 4.14. The number of aromatic nitrogens is 2. The highest BCUT2D eigenvalue weighted by Gasteiger charge is 2.21. The molecule has 1 fully saturated rings. The highest BCUT2D eigenvalue weighted by atomic mass is 35.5. The summed E-state index contributed by atoms with van der Waals surface area (Å²) in [6.07, 6.45) is 1.62. The summed E-state index contributed by atoms with van der Waals surface area (Å²) in [6, 6.07) is 8.97. The number of nitrogens with one attached hydrogen (secondary N) is 2. The van der Waals surface area contributed by atoms with Crippen molar-refractivity contribution in [3.8, 4) is 11.5 Å². The van der Waals surface area contributed by atoms with Crippen LogP contribution in [0.5, 0.6) is 11.5 Å². The number of halogens is 2. The maximum absolute atomic E-state index is 6.26. The Balaban J connectivity index is 1.75. The number of nitrogens with zero attached hydrogens (tertiary/aromatic N) is 2. The molecular formula is C18H16Cl2N4O2. The summed E-state index contributed by atoms with van der Waals surface area (Å²) >= 11 is 12.2. The van der Waals surface area contributed by atoms with Gasteiger partial charge in [0.1, 0.15) is 18.2 Å². The molecule has 1 aromatic heterocycles. The average Bonchev–Trinajstić information content (AvgIpc) is 2.60. The van der Waals surface area contributed by atoms with E-state index in [1.807, 2.05) is 12.1 Å². The fourth-order valence-electron chi connectivity index (χ4n) is 2.66. The molecule has 6 nitrogen and oxygen atoms in total. The Morgan fingerprint density at radius 3 is 2.65 bits per heavy atom. The van der Waals surface area contributed by atoms with Crippen LogP contribution >= 0.6 is 23.2 Å². The van der Waals surface area contributed by atoms with Gasteiger partial charge in [-0.3, -0.25) is 0 Å². The molecule has 0 spiro atoms. The fraction of sp³-hybridized carbons (Fsp3) is 0.222. The SMILES string of the molecule is COc1cc2ncnc(Nc3ccc(Cl)cc3Cl)c2cc1OC1CNC1. The van der Waals surface area contributed by atoms with Crippen molar-refractivity contribution in [1.29, 1.82) is 0 Å². The second-order valence-corrected chi connectivity index (χ2v) is 6.73. The van der Waals surface area contributed by atoms with E-state index >= 15 is 0 Å². The van der Waals surface area contributed by atoms with Crippen LogP contribution in [0, 0.1) is 0 Å². The highest BCUT2D eigenvalue weighted by molar-refractivity contribution is 6.36. The summed E-state index contributed by atoms with van der Waals surface area (Å²) < 4.78 is 11.5. The zero-order chi connectivity index (χ0) is 18.1. The van der Waals surface area contributed by atoms with Crippen molar-refractivity contribution in [1.82, 2.24) is 15.3 Å². The van der Waals surface area contributed by atoms with Crippen molar-refractivity contribution in [2.75, 3.05) is 25.5 Å². The third-order valence-corrected chi connectivity index (χ3v) is 4.69. The minimum absolute atomic E-state index is 0.132. The number of benzene rings is 2. The van der Waals surface area contributed by atoms with Crippen molar-refractivity contribution in [2.45, 2.75) is 6.10 Å². The van der Waals surface area contributed by atoms with Crippen molar-refractivity contribution < 1.29 is 9.47 Å². The summed E-state index contributed by atoms with van der Waals surface area (Å²) in [5.41, 5.74) is 1.45. The Hall–Kier alpha value is -2.28. The molecule has 134 valence electrons. The third kappa shape index (κ3) is 3.35. The van der Waals surface area contributed by atoms with E-state index in [0.29, 0.717) is 33.0 Å². The molecular weight excluding hydrogens is 375 g/mol. The minimum atomic E-state index is 0.132. The smallest absolute Gasteiger partial charge is 0.162 e. The number of fused-ring (bicyclic) bond motifs is 1. The molecule has 0 bridgehead atoms. The number of hydrogen-bond acceptors (Lipinski definition) is 6. The first kappa shape index (κ1) is 17.1. The standard InChI is InChI=1S/C18H16Cl2N4O2/c1-25-16-6-15-12(5-17(16)26-11-7-21-8-11)18(23-9-22-15)24-14-3-2-10(19)4-13(14)20/h2-6,9,11,21H,7-8H2,1H3,(H,22,23,24). The number of ether oxygens (including phenoxy) is 2. The molecule has 2 N–H and O–H groups in total. The van der Waals surface area contributed by atoms with Crippen molar-refractivity contribution in [3.63, 3.8) is 0 Å². The molecule has 2 heterocycles. The predicted octanol–water partition coefficient (Wildman–Crippen LogP) is 4.04. The molecule has 1 aliphatic rings. The molecule has 3 aromatic rings. The van der Waals surface area contributed by atoms with E-state index in [1.165, 1.54) is 6.33 Å². The highest BCUT2D eigenvalue weighted by Crippen LogP contribution is 2.36. The van der Waals surface area contributed by atoms with E-state index in [0.717, 1.165) is 24.0 Å². The van der Waals surface area contributed by atoms with E-state index in [2.05, 4.69) is 20.6 Å². The number of anilines is 2. The first-order valence-electron chi connectivity index (χ1n) is 8.06. The van der Waals surface area contributed by atoms with E-state index in [-0.39, 0.29) is 6.10 Å². The second kappa shape index (κ2) is 7.15. The van der Waals surface area contributed by atoms with Gasteiger partial charge in [0, 0.05) is 29.6 Å². The molecule has 0 amide bonds. The molecule has 26 heavy (non-hydrogen) atoms. The van der Waals surface area contributed by atoms with Gasteiger partial charge >= 0.3 is 0 Å². The largest absolute Gasteiger partial charge is 0.493 e. The Labute approximate surface area is 160 Å². The van der Waals surface area contributed by atoms with Crippen LogP contribution in [-0.4, -0.2) is 36.3 Å². The number of methoxy groups -OCH3 is 1. The average molecular weight is 391 g/mol.